The third kappa shape index (κ3) is 2.96. The summed E-state index contributed by atoms with van der Waals surface area (Å²) in [5.41, 5.74) is -0.450. The zero-order valence-corrected chi connectivity index (χ0v) is 13.8. The minimum Gasteiger partial charge on any atom is -0.324 e. The standard InChI is InChI=1S/C18H16N2O5/c1-11(2)10-19-9-5-8-14(15(19)21)18(24)25-20-16(22)12-6-3-4-7-13(12)17(20)23/h3-9,11H,10H2,1-2H3. The maximum atomic E-state index is 12.4. The molecular formula is C18H16N2O5. The van der Waals surface area contributed by atoms with E-state index in [0.717, 1.165) is 0 Å². The van der Waals surface area contributed by atoms with Gasteiger partial charge in [-0.05, 0) is 30.2 Å². The third-order valence-electron chi connectivity index (χ3n) is 3.73. The van der Waals surface area contributed by atoms with Gasteiger partial charge in [0, 0.05) is 12.7 Å². The number of amides is 2. The monoisotopic (exact) mass is 340 g/mol. The zero-order chi connectivity index (χ0) is 18.1. The zero-order valence-electron chi connectivity index (χ0n) is 13.8. The normalized spacial score (nSPS) is 13.3. The number of hydroxylamine groups is 2. The molecule has 1 aromatic carbocycles. The summed E-state index contributed by atoms with van der Waals surface area (Å²) in [5.74, 6) is -2.29. The van der Waals surface area contributed by atoms with Crippen molar-refractivity contribution < 1.29 is 19.2 Å². The van der Waals surface area contributed by atoms with Crippen LogP contribution in [0.25, 0.3) is 0 Å². The van der Waals surface area contributed by atoms with E-state index in [9.17, 15) is 19.2 Å². The van der Waals surface area contributed by atoms with Crippen molar-refractivity contribution in [2.45, 2.75) is 20.4 Å². The quantitative estimate of drug-likeness (QED) is 0.793. The predicted molar refractivity (Wildman–Crippen MR) is 87.9 cm³/mol. The lowest BCUT2D eigenvalue weighted by molar-refractivity contribution is -0.0586. The van der Waals surface area contributed by atoms with Gasteiger partial charge in [0.15, 0.2) is 0 Å². The molecule has 0 spiro atoms. The van der Waals surface area contributed by atoms with Crippen molar-refractivity contribution in [3.05, 3.63) is 69.6 Å². The molecule has 1 aliphatic rings. The molecule has 3 rings (SSSR count). The van der Waals surface area contributed by atoms with Gasteiger partial charge in [-0.15, -0.1) is 0 Å². The fourth-order valence-corrected chi connectivity index (χ4v) is 2.61. The molecule has 2 aromatic rings. The first-order valence-corrected chi connectivity index (χ1v) is 7.79. The van der Waals surface area contributed by atoms with E-state index in [1.165, 1.54) is 22.8 Å². The van der Waals surface area contributed by atoms with Crippen LogP contribution < -0.4 is 5.56 Å². The van der Waals surface area contributed by atoms with E-state index in [4.69, 9.17) is 4.84 Å². The number of pyridine rings is 1. The summed E-state index contributed by atoms with van der Waals surface area (Å²) in [6.45, 7) is 4.32. The Kier molecular flexibility index (Phi) is 4.22. The molecule has 7 heteroatoms. The fourth-order valence-electron chi connectivity index (χ4n) is 2.61. The molecule has 0 unspecified atom stereocenters. The molecule has 0 saturated carbocycles. The molecule has 0 radical (unpaired) electrons. The van der Waals surface area contributed by atoms with E-state index in [2.05, 4.69) is 0 Å². The van der Waals surface area contributed by atoms with Crippen molar-refractivity contribution in [2.75, 3.05) is 0 Å². The number of imide groups is 1. The lowest BCUT2D eigenvalue weighted by atomic mass is 10.1. The van der Waals surface area contributed by atoms with Gasteiger partial charge in [0.05, 0.1) is 11.1 Å². The number of carbonyl (C=O) groups is 3. The maximum absolute atomic E-state index is 12.4. The van der Waals surface area contributed by atoms with Crippen molar-refractivity contribution in [3.8, 4) is 0 Å². The molecule has 2 heterocycles. The van der Waals surface area contributed by atoms with Gasteiger partial charge < -0.3 is 9.40 Å². The summed E-state index contributed by atoms with van der Waals surface area (Å²) in [6.07, 6.45) is 1.57. The second kappa shape index (κ2) is 6.35. The topological polar surface area (TPSA) is 85.7 Å². The molecule has 0 bridgehead atoms. The molecule has 0 atom stereocenters. The van der Waals surface area contributed by atoms with E-state index in [1.54, 1.807) is 24.4 Å². The minimum absolute atomic E-state index is 0.158. The second-order valence-electron chi connectivity index (χ2n) is 6.10. The van der Waals surface area contributed by atoms with Crippen LogP contribution in [0, 0.1) is 5.92 Å². The van der Waals surface area contributed by atoms with Crippen molar-refractivity contribution in [1.82, 2.24) is 9.63 Å². The Hall–Kier alpha value is -3.22. The summed E-state index contributed by atoms with van der Waals surface area (Å²) in [4.78, 5) is 54.1. The van der Waals surface area contributed by atoms with Crippen molar-refractivity contribution in [3.63, 3.8) is 0 Å². The SMILES string of the molecule is CC(C)Cn1cccc(C(=O)ON2C(=O)c3ccccc3C2=O)c1=O. The largest absolute Gasteiger partial charge is 0.369 e. The molecular weight excluding hydrogens is 324 g/mol. The molecule has 1 aromatic heterocycles. The lowest BCUT2D eigenvalue weighted by Crippen LogP contribution is -2.35. The van der Waals surface area contributed by atoms with Crippen molar-refractivity contribution >= 4 is 17.8 Å². The highest BCUT2D eigenvalue weighted by Crippen LogP contribution is 2.23. The van der Waals surface area contributed by atoms with Gasteiger partial charge >= 0.3 is 5.97 Å². The molecule has 0 fully saturated rings. The number of hydrogen-bond acceptors (Lipinski definition) is 5. The van der Waals surface area contributed by atoms with Crippen LogP contribution in [-0.4, -0.2) is 27.4 Å². The first-order valence-electron chi connectivity index (χ1n) is 7.79. The maximum Gasteiger partial charge on any atom is 0.369 e. The van der Waals surface area contributed by atoms with Gasteiger partial charge in [-0.2, -0.15) is 0 Å². The number of fused-ring (bicyclic) bond motifs is 1. The van der Waals surface area contributed by atoms with Gasteiger partial charge in [0.25, 0.3) is 17.4 Å². The lowest BCUT2D eigenvalue weighted by Gasteiger charge is -2.13. The molecule has 2 amide bonds. The summed E-state index contributed by atoms with van der Waals surface area (Å²) in [5, 5.41) is 0.395. The number of nitrogens with zero attached hydrogens (tertiary/aromatic N) is 2. The van der Waals surface area contributed by atoms with Crippen LogP contribution in [0.3, 0.4) is 0 Å². The Morgan fingerprint density at radius 2 is 1.60 bits per heavy atom. The molecule has 0 N–H and O–H groups in total. The van der Waals surface area contributed by atoms with Gasteiger partial charge in [-0.25, -0.2) is 4.79 Å². The van der Waals surface area contributed by atoms with Crippen LogP contribution in [0.5, 0.6) is 0 Å². The summed E-state index contributed by atoms with van der Waals surface area (Å²) in [7, 11) is 0. The summed E-state index contributed by atoms with van der Waals surface area (Å²) in [6, 6.07) is 9.01. The minimum atomic E-state index is -1.04. The van der Waals surface area contributed by atoms with Gasteiger partial charge in [0.1, 0.15) is 5.56 Å². The van der Waals surface area contributed by atoms with Gasteiger partial charge in [0.2, 0.25) is 0 Å². The molecule has 0 aliphatic carbocycles. The highest BCUT2D eigenvalue weighted by atomic mass is 16.7. The number of rotatable bonds is 4. The van der Waals surface area contributed by atoms with E-state index >= 15 is 0 Å². The number of carbonyl (C=O) groups excluding carboxylic acids is 3. The van der Waals surface area contributed by atoms with Crippen LogP contribution in [0.15, 0.2) is 47.4 Å². The first kappa shape index (κ1) is 16.6. The number of benzene rings is 1. The first-order chi connectivity index (χ1) is 11.9. The van der Waals surface area contributed by atoms with E-state index in [0.29, 0.717) is 11.6 Å². The molecule has 25 heavy (non-hydrogen) atoms. The van der Waals surface area contributed by atoms with Gasteiger partial charge in [-0.3, -0.25) is 14.4 Å². The van der Waals surface area contributed by atoms with Crippen LogP contribution in [0.4, 0.5) is 0 Å². The molecule has 1 aliphatic heterocycles. The molecule has 128 valence electrons. The molecule has 7 nitrogen and oxygen atoms in total. The van der Waals surface area contributed by atoms with E-state index in [-0.39, 0.29) is 22.6 Å². The Morgan fingerprint density at radius 3 is 2.16 bits per heavy atom. The average molecular weight is 340 g/mol. The third-order valence-corrected chi connectivity index (χ3v) is 3.73. The van der Waals surface area contributed by atoms with E-state index < -0.39 is 23.3 Å². The Morgan fingerprint density at radius 1 is 1.00 bits per heavy atom. The van der Waals surface area contributed by atoms with Gasteiger partial charge in [-0.1, -0.05) is 31.0 Å². The predicted octanol–water partition coefficient (Wildman–Crippen LogP) is 1.87. The number of aromatic nitrogens is 1. The van der Waals surface area contributed by atoms with Crippen LogP contribution in [0.2, 0.25) is 0 Å². The Labute approximate surface area is 143 Å². The summed E-state index contributed by atoms with van der Waals surface area (Å²) < 4.78 is 1.39. The van der Waals surface area contributed by atoms with Crippen molar-refractivity contribution in [2.24, 2.45) is 5.92 Å². The van der Waals surface area contributed by atoms with Crippen LogP contribution >= 0.6 is 0 Å². The smallest absolute Gasteiger partial charge is 0.324 e. The fraction of sp³-hybridized carbons (Fsp3) is 0.222. The molecule has 0 saturated heterocycles. The van der Waals surface area contributed by atoms with Crippen molar-refractivity contribution in [1.29, 1.82) is 0 Å². The highest BCUT2D eigenvalue weighted by Gasteiger charge is 2.39. The number of hydrogen-bond donors (Lipinski definition) is 0. The van der Waals surface area contributed by atoms with E-state index in [1.807, 2.05) is 13.8 Å². The van der Waals surface area contributed by atoms with Crippen LogP contribution in [0.1, 0.15) is 44.9 Å². The highest BCUT2D eigenvalue weighted by molar-refractivity contribution is 6.21. The van der Waals surface area contributed by atoms with Crippen LogP contribution in [-0.2, 0) is 11.4 Å². The average Bonchev–Trinajstić information content (AvgIpc) is 2.82. The Bertz CT molecular complexity index is 894. The Balaban J connectivity index is 1.86. The second-order valence-corrected chi connectivity index (χ2v) is 6.10. The summed E-state index contributed by atoms with van der Waals surface area (Å²) >= 11 is 0.